The van der Waals surface area contributed by atoms with Gasteiger partial charge in [0.1, 0.15) is 0 Å². The molecule has 0 aliphatic heterocycles. The zero-order valence-electron chi connectivity index (χ0n) is 11.6. The lowest BCUT2D eigenvalue weighted by Gasteiger charge is -2.25. The number of halogens is 1. The van der Waals surface area contributed by atoms with Crippen molar-refractivity contribution in [3.8, 4) is 0 Å². The second kappa shape index (κ2) is 6.38. The van der Waals surface area contributed by atoms with Crippen molar-refractivity contribution in [2.24, 2.45) is 5.92 Å². The van der Waals surface area contributed by atoms with Gasteiger partial charge in [-0.15, -0.1) is 11.6 Å². The number of nitrogens with zero attached hydrogens (tertiary/aromatic N) is 1. The fraction of sp³-hybridized carbons (Fsp3) is 0.600. The van der Waals surface area contributed by atoms with Crippen molar-refractivity contribution in [3.63, 3.8) is 0 Å². The molecule has 1 saturated carbocycles. The van der Waals surface area contributed by atoms with Crippen molar-refractivity contribution in [1.82, 2.24) is 10.3 Å². The molecule has 2 unspecified atom stereocenters. The van der Waals surface area contributed by atoms with E-state index in [0.717, 1.165) is 37.2 Å². The molecule has 1 aliphatic carbocycles. The Hall–Kier alpha value is -1.09. The quantitative estimate of drug-likeness (QED) is 0.864. The van der Waals surface area contributed by atoms with E-state index in [1.165, 1.54) is 6.42 Å². The Kier molecular flexibility index (Phi) is 4.81. The zero-order chi connectivity index (χ0) is 13.8. The number of carbonyl (C=O) groups is 1. The van der Waals surface area contributed by atoms with E-state index in [-0.39, 0.29) is 11.3 Å². The summed E-state index contributed by atoms with van der Waals surface area (Å²) in [7, 11) is 0. The summed E-state index contributed by atoms with van der Waals surface area (Å²) in [6, 6.07) is 3.72. The number of pyridine rings is 1. The number of rotatable bonds is 3. The lowest BCUT2D eigenvalue weighted by molar-refractivity contribution is 0.0942. The standard InChI is InChI=1S/C15H21ClN2O/c1-10-6-7-14(11(2)18-10)15(19)17-9-12-4-3-5-13(16)8-12/h6-7,12-13H,3-5,8-9H2,1-2H3,(H,17,19). The van der Waals surface area contributed by atoms with Crippen LogP contribution in [0.2, 0.25) is 0 Å². The first-order valence-corrected chi connectivity index (χ1v) is 7.36. The molecule has 19 heavy (non-hydrogen) atoms. The molecule has 1 aromatic heterocycles. The average Bonchev–Trinajstić information content (AvgIpc) is 2.36. The highest BCUT2D eigenvalue weighted by Crippen LogP contribution is 2.27. The molecule has 0 bridgehead atoms. The Labute approximate surface area is 119 Å². The second-order valence-electron chi connectivity index (χ2n) is 5.43. The van der Waals surface area contributed by atoms with Crippen molar-refractivity contribution < 1.29 is 4.79 Å². The third kappa shape index (κ3) is 3.93. The monoisotopic (exact) mass is 280 g/mol. The lowest BCUT2D eigenvalue weighted by Crippen LogP contribution is -2.32. The van der Waals surface area contributed by atoms with Crippen LogP contribution < -0.4 is 5.32 Å². The van der Waals surface area contributed by atoms with E-state index in [4.69, 9.17) is 11.6 Å². The topological polar surface area (TPSA) is 42.0 Å². The van der Waals surface area contributed by atoms with E-state index >= 15 is 0 Å². The van der Waals surface area contributed by atoms with Crippen LogP contribution in [0.15, 0.2) is 12.1 Å². The van der Waals surface area contributed by atoms with E-state index in [1.807, 2.05) is 26.0 Å². The van der Waals surface area contributed by atoms with Gasteiger partial charge >= 0.3 is 0 Å². The number of hydrogen-bond donors (Lipinski definition) is 1. The van der Waals surface area contributed by atoms with Gasteiger partial charge in [0, 0.05) is 17.6 Å². The molecule has 1 amide bonds. The number of carbonyl (C=O) groups excluding carboxylic acids is 1. The molecular weight excluding hydrogens is 260 g/mol. The van der Waals surface area contributed by atoms with E-state index in [1.54, 1.807) is 0 Å². The van der Waals surface area contributed by atoms with Gasteiger partial charge in [0.15, 0.2) is 0 Å². The maximum atomic E-state index is 12.1. The van der Waals surface area contributed by atoms with E-state index in [2.05, 4.69) is 10.3 Å². The fourth-order valence-corrected chi connectivity index (χ4v) is 3.08. The van der Waals surface area contributed by atoms with Crippen LogP contribution in [0.25, 0.3) is 0 Å². The third-order valence-electron chi connectivity index (χ3n) is 3.74. The number of aromatic nitrogens is 1. The van der Waals surface area contributed by atoms with Gasteiger partial charge in [-0.2, -0.15) is 0 Å². The first-order chi connectivity index (χ1) is 9.06. The lowest BCUT2D eigenvalue weighted by atomic mass is 9.89. The molecule has 0 spiro atoms. The van der Waals surface area contributed by atoms with Crippen LogP contribution in [0.5, 0.6) is 0 Å². The molecular formula is C15H21ClN2O. The molecule has 1 fully saturated rings. The minimum Gasteiger partial charge on any atom is -0.352 e. The number of hydrogen-bond acceptors (Lipinski definition) is 2. The minimum absolute atomic E-state index is 0.0262. The van der Waals surface area contributed by atoms with Crippen molar-refractivity contribution in [2.75, 3.05) is 6.54 Å². The first kappa shape index (κ1) is 14.3. The zero-order valence-corrected chi connectivity index (χ0v) is 12.3. The number of alkyl halides is 1. The first-order valence-electron chi connectivity index (χ1n) is 6.93. The fourth-order valence-electron chi connectivity index (χ4n) is 2.67. The minimum atomic E-state index is -0.0262. The third-order valence-corrected chi connectivity index (χ3v) is 4.14. The molecule has 1 heterocycles. The summed E-state index contributed by atoms with van der Waals surface area (Å²) in [5.74, 6) is 0.487. The molecule has 1 N–H and O–H groups in total. The molecule has 2 rings (SSSR count). The Morgan fingerprint density at radius 2 is 2.21 bits per heavy atom. The summed E-state index contributed by atoms with van der Waals surface area (Å²) >= 11 is 6.16. The Balaban J connectivity index is 1.90. The van der Waals surface area contributed by atoms with Gasteiger partial charge in [0.25, 0.3) is 5.91 Å². The van der Waals surface area contributed by atoms with Gasteiger partial charge in [-0.25, -0.2) is 0 Å². The van der Waals surface area contributed by atoms with Crippen LogP contribution in [-0.2, 0) is 0 Å². The summed E-state index contributed by atoms with van der Waals surface area (Å²) in [6.07, 6.45) is 4.44. The largest absolute Gasteiger partial charge is 0.352 e. The van der Waals surface area contributed by atoms with Crippen LogP contribution in [-0.4, -0.2) is 22.8 Å². The van der Waals surface area contributed by atoms with Crippen LogP contribution in [0, 0.1) is 19.8 Å². The highest BCUT2D eigenvalue weighted by atomic mass is 35.5. The highest BCUT2D eigenvalue weighted by Gasteiger charge is 2.21. The number of nitrogens with one attached hydrogen (secondary N) is 1. The van der Waals surface area contributed by atoms with Gasteiger partial charge in [0.05, 0.1) is 11.3 Å². The van der Waals surface area contributed by atoms with Crippen molar-refractivity contribution in [2.45, 2.75) is 44.9 Å². The average molecular weight is 281 g/mol. The SMILES string of the molecule is Cc1ccc(C(=O)NCC2CCCC(Cl)C2)c(C)n1. The van der Waals surface area contributed by atoms with Crippen molar-refractivity contribution in [1.29, 1.82) is 0 Å². The van der Waals surface area contributed by atoms with E-state index in [9.17, 15) is 4.79 Å². The summed E-state index contributed by atoms with van der Waals surface area (Å²) in [6.45, 7) is 4.52. The number of amides is 1. The normalized spacial score (nSPS) is 23.1. The predicted octanol–water partition coefficient (Wildman–Crippen LogP) is 3.23. The van der Waals surface area contributed by atoms with Gasteiger partial charge in [0.2, 0.25) is 0 Å². The molecule has 3 nitrogen and oxygen atoms in total. The molecule has 1 aromatic rings. The van der Waals surface area contributed by atoms with Crippen LogP contribution in [0.1, 0.15) is 47.4 Å². The van der Waals surface area contributed by atoms with Crippen molar-refractivity contribution in [3.05, 3.63) is 29.1 Å². The van der Waals surface area contributed by atoms with Gasteiger partial charge in [-0.3, -0.25) is 9.78 Å². The Morgan fingerprint density at radius 3 is 2.89 bits per heavy atom. The molecule has 0 aromatic carbocycles. The second-order valence-corrected chi connectivity index (χ2v) is 6.04. The molecule has 2 atom stereocenters. The molecule has 0 saturated heterocycles. The van der Waals surface area contributed by atoms with E-state index < -0.39 is 0 Å². The predicted molar refractivity (Wildman–Crippen MR) is 77.6 cm³/mol. The summed E-state index contributed by atoms with van der Waals surface area (Å²) in [5.41, 5.74) is 2.39. The smallest absolute Gasteiger partial charge is 0.253 e. The Morgan fingerprint density at radius 1 is 1.42 bits per heavy atom. The van der Waals surface area contributed by atoms with Gasteiger partial charge in [-0.05, 0) is 51.2 Å². The Bertz CT molecular complexity index is 461. The van der Waals surface area contributed by atoms with Crippen LogP contribution in [0.3, 0.4) is 0 Å². The maximum Gasteiger partial charge on any atom is 0.253 e. The van der Waals surface area contributed by atoms with Crippen LogP contribution >= 0.6 is 11.6 Å². The molecule has 104 valence electrons. The molecule has 4 heteroatoms. The van der Waals surface area contributed by atoms with Crippen molar-refractivity contribution >= 4 is 17.5 Å². The van der Waals surface area contributed by atoms with Gasteiger partial charge in [-0.1, -0.05) is 6.42 Å². The molecule has 1 aliphatic rings. The van der Waals surface area contributed by atoms with Crippen LogP contribution in [0.4, 0.5) is 0 Å². The van der Waals surface area contributed by atoms with Gasteiger partial charge < -0.3 is 5.32 Å². The number of aryl methyl sites for hydroxylation is 2. The maximum absolute atomic E-state index is 12.1. The summed E-state index contributed by atoms with van der Waals surface area (Å²) < 4.78 is 0. The van der Waals surface area contributed by atoms with E-state index in [0.29, 0.717) is 11.5 Å². The highest BCUT2D eigenvalue weighted by molar-refractivity contribution is 6.20. The molecule has 0 radical (unpaired) electrons. The summed E-state index contributed by atoms with van der Waals surface area (Å²) in [5, 5.41) is 3.29. The summed E-state index contributed by atoms with van der Waals surface area (Å²) in [4.78, 5) is 16.4.